The minimum Gasteiger partial charge on any atom is -0.438 e. The first-order valence-corrected chi connectivity index (χ1v) is 9.12. The number of methoxy groups -OCH3 is 2. The number of aromatic nitrogens is 2. The molecule has 1 aliphatic heterocycles. The molecule has 0 amide bonds. The van der Waals surface area contributed by atoms with E-state index in [-0.39, 0.29) is 6.04 Å². The molecule has 0 saturated carbocycles. The summed E-state index contributed by atoms with van der Waals surface area (Å²) in [4.78, 5) is 16.7. The number of pyridine rings is 1. The maximum atomic E-state index is 11.9. The van der Waals surface area contributed by atoms with Gasteiger partial charge in [-0.3, -0.25) is 0 Å². The first-order chi connectivity index (χ1) is 13.5. The molecule has 3 heterocycles. The third-order valence-corrected chi connectivity index (χ3v) is 5.35. The topological polar surface area (TPSA) is 74.1 Å². The third-order valence-electron chi connectivity index (χ3n) is 5.35. The van der Waals surface area contributed by atoms with E-state index in [9.17, 15) is 4.79 Å². The fourth-order valence-corrected chi connectivity index (χ4v) is 3.81. The summed E-state index contributed by atoms with van der Waals surface area (Å²) in [6.07, 6.45) is 0.150. The molecule has 0 unspecified atom stereocenters. The number of benzene rings is 1. The number of rotatable bonds is 3. The number of anilines is 1. The number of imidazole rings is 1. The van der Waals surface area contributed by atoms with E-state index in [1.807, 2.05) is 56.4 Å². The number of carbonyl (C=O) groups excluding carboxylic acids is 1. The lowest BCUT2D eigenvalue weighted by Crippen LogP contribution is -2.40. The zero-order chi connectivity index (χ0) is 19.8. The standard InChI is InChI=1S/C21H23N3O4/c1-12-13(2)24-11-10-15-17(20(24)22-12)23-16(14-8-6-5-7-9-14)19(18(15)26-3)28-21(25)27-4/h5-11,16,18-19,23H,1-4H3/t16-,18-,19-/m1/s1. The van der Waals surface area contributed by atoms with Crippen molar-refractivity contribution in [3.05, 3.63) is 65.1 Å². The van der Waals surface area contributed by atoms with Crippen LogP contribution in [0.2, 0.25) is 0 Å². The Morgan fingerprint density at radius 2 is 1.89 bits per heavy atom. The lowest BCUT2D eigenvalue weighted by molar-refractivity contribution is -0.0557. The van der Waals surface area contributed by atoms with E-state index in [0.29, 0.717) is 0 Å². The summed E-state index contributed by atoms with van der Waals surface area (Å²) in [7, 11) is 2.91. The number of hydrogen-bond donors (Lipinski definition) is 1. The Hall–Kier alpha value is -3.06. The van der Waals surface area contributed by atoms with E-state index in [1.165, 1.54) is 7.11 Å². The van der Waals surface area contributed by atoms with Crippen LogP contribution >= 0.6 is 0 Å². The Balaban J connectivity index is 1.89. The van der Waals surface area contributed by atoms with E-state index >= 15 is 0 Å². The fraction of sp³-hybridized carbons (Fsp3) is 0.333. The Morgan fingerprint density at radius 3 is 2.57 bits per heavy atom. The van der Waals surface area contributed by atoms with E-state index in [1.54, 1.807) is 7.11 Å². The predicted molar refractivity (Wildman–Crippen MR) is 104 cm³/mol. The van der Waals surface area contributed by atoms with Gasteiger partial charge in [0, 0.05) is 24.6 Å². The summed E-state index contributed by atoms with van der Waals surface area (Å²) in [5.74, 6) is 0. The molecule has 0 saturated heterocycles. The van der Waals surface area contributed by atoms with E-state index in [4.69, 9.17) is 19.2 Å². The molecule has 28 heavy (non-hydrogen) atoms. The Labute approximate surface area is 163 Å². The van der Waals surface area contributed by atoms with Crippen LogP contribution in [-0.2, 0) is 14.2 Å². The minimum absolute atomic E-state index is 0.318. The summed E-state index contributed by atoms with van der Waals surface area (Å²) >= 11 is 0. The van der Waals surface area contributed by atoms with Crippen LogP contribution < -0.4 is 5.32 Å². The molecule has 3 aromatic rings. The second-order valence-corrected chi connectivity index (χ2v) is 6.85. The number of aryl methyl sites for hydroxylation is 2. The van der Waals surface area contributed by atoms with Crippen LogP contribution in [0, 0.1) is 13.8 Å². The smallest absolute Gasteiger partial charge is 0.438 e. The number of nitrogens with zero attached hydrogens (tertiary/aromatic N) is 2. The van der Waals surface area contributed by atoms with Crippen molar-refractivity contribution in [2.45, 2.75) is 32.1 Å². The molecule has 7 heteroatoms. The zero-order valence-corrected chi connectivity index (χ0v) is 16.3. The van der Waals surface area contributed by atoms with Crippen LogP contribution in [0.15, 0.2) is 42.6 Å². The van der Waals surface area contributed by atoms with Crippen LogP contribution in [0.4, 0.5) is 10.5 Å². The van der Waals surface area contributed by atoms with Gasteiger partial charge in [-0.2, -0.15) is 0 Å². The Kier molecular flexibility index (Phi) is 4.68. The quantitative estimate of drug-likeness (QED) is 0.693. The van der Waals surface area contributed by atoms with Crippen LogP contribution in [0.5, 0.6) is 0 Å². The molecular formula is C21H23N3O4. The zero-order valence-electron chi connectivity index (χ0n) is 16.3. The average Bonchev–Trinajstić information content (AvgIpc) is 3.02. The maximum absolute atomic E-state index is 11.9. The van der Waals surface area contributed by atoms with Gasteiger partial charge in [0.15, 0.2) is 11.8 Å². The molecule has 2 aromatic heterocycles. The van der Waals surface area contributed by atoms with Crippen LogP contribution in [0.25, 0.3) is 5.65 Å². The van der Waals surface area contributed by atoms with E-state index < -0.39 is 18.4 Å². The normalized spacial score (nSPS) is 21.1. The van der Waals surface area contributed by atoms with Gasteiger partial charge in [0.2, 0.25) is 0 Å². The molecule has 0 fully saturated rings. The summed E-state index contributed by atoms with van der Waals surface area (Å²) in [6.45, 7) is 4.03. The molecule has 1 aliphatic rings. The number of ether oxygens (including phenoxy) is 3. The summed E-state index contributed by atoms with van der Waals surface area (Å²) in [5, 5.41) is 3.54. The van der Waals surface area contributed by atoms with Gasteiger partial charge in [-0.15, -0.1) is 0 Å². The van der Waals surface area contributed by atoms with Crippen molar-refractivity contribution in [1.82, 2.24) is 9.38 Å². The molecule has 146 valence electrons. The number of nitrogens with one attached hydrogen (secondary N) is 1. The Morgan fingerprint density at radius 1 is 1.14 bits per heavy atom. The number of carbonyl (C=O) groups is 1. The van der Waals surface area contributed by atoms with Crippen LogP contribution in [-0.4, -0.2) is 35.9 Å². The molecule has 0 bridgehead atoms. The lowest BCUT2D eigenvalue weighted by Gasteiger charge is -2.39. The molecular weight excluding hydrogens is 358 g/mol. The average molecular weight is 381 g/mol. The van der Waals surface area contributed by atoms with Gasteiger partial charge in [-0.25, -0.2) is 9.78 Å². The molecule has 4 rings (SSSR count). The first-order valence-electron chi connectivity index (χ1n) is 9.12. The minimum atomic E-state index is -0.744. The first kappa shape index (κ1) is 18.3. The van der Waals surface area contributed by atoms with Crippen LogP contribution in [0.3, 0.4) is 0 Å². The largest absolute Gasteiger partial charge is 0.508 e. The van der Waals surface area contributed by atoms with Gasteiger partial charge in [0.1, 0.15) is 6.10 Å². The van der Waals surface area contributed by atoms with E-state index in [2.05, 4.69) is 9.72 Å². The highest BCUT2D eigenvalue weighted by molar-refractivity contribution is 5.75. The van der Waals surface area contributed by atoms with Crippen molar-refractivity contribution in [1.29, 1.82) is 0 Å². The van der Waals surface area contributed by atoms with Crippen molar-refractivity contribution in [2.24, 2.45) is 0 Å². The molecule has 3 atom stereocenters. The van der Waals surface area contributed by atoms with Crippen molar-refractivity contribution in [3.63, 3.8) is 0 Å². The summed E-state index contributed by atoms with van der Waals surface area (Å²) in [5.41, 5.74) is 5.62. The summed E-state index contributed by atoms with van der Waals surface area (Å²) < 4.78 is 18.2. The molecule has 1 aromatic carbocycles. The van der Waals surface area contributed by atoms with Crippen molar-refractivity contribution in [2.75, 3.05) is 19.5 Å². The van der Waals surface area contributed by atoms with Gasteiger partial charge in [-0.1, -0.05) is 30.3 Å². The Bertz CT molecular complexity index is 1020. The second-order valence-electron chi connectivity index (χ2n) is 6.85. The van der Waals surface area contributed by atoms with Gasteiger partial charge >= 0.3 is 6.16 Å². The van der Waals surface area contributed by atoms with Gasteiger partial charge in [0.05, 0.1) is 24.5 Å². The SMILES string of the molecule is COC(=O)O[C@@H]1[C@@H](c2ccccc2)Nc2c(ccn3c(C)c(C)nc23)[C@H]1OC. The second kappa shape index (κ2) is 7.16. The third kappa shape index (κ3) is 2.88. The van der Waals surface area contributed by atoms with E-state index in [0.717, 1.165) is 33.8 Å². The fourth-order valence-electron chi connectivity index (χ4n) is 3.81. The highest BCUT2D eigenvalue weighted by Gasteiger charge is 2.42. The highest BCUT2D eigenvalue weighted by atomic mass is 16.7. The monoisotopic (exact) mass is 381 g/mol. The van der Waals surface area contributed by atoms with Gasteiger partial charge in [0.25, 0.3) is 0 Å². The lowest BCUT2D eigenvalue weighted by atomic mass is 9.88. The predicted octanol–water partition coefficient (Wildman–Crippen LogP) is 3.96. The number of hydrogen-bond acceptors (Lipinski definition) is 6. The molecule has 0 radical (unpaired) electrons. The van der Waals surface area contributed by atoms with Gasteiger partial charge < -0.3 is 23.9 Å². The number of fused-ring (bicyclic) bond motifs is 3. The highest BCUT2D eigenvalue weighted by Crippen LogP contribution is 2.44. The molecule has 0 aliphatic carbocycles. The van der Waals surface area contributed by atoms with Crippen molar-refractivity contribution < 1.29 is 19.0 Å². The van der Waals surface area contributed by atoms with Crippen molar-refractivity contribution in [3.8, 4) is 0 Å². The van der Waals surface area contributed by atoms with Crippen molar-refractivity contribution >= 4 is 17.5 Å². The molecule has 0 spiro atoms. The summed E-state index contributed by atoms with van der Waals surface area (Å²) in [6, 6.07) is 11.5. The molecule has 1 N–H and O–H groups in total. The molecule has 7 nitrogen and oxygen atoms in total. The maximum Gasteiger partial charge on any atom is 0.508 e. The van der Waals surface area contributed by atoms with Gasteiger partial charge in [-0.05, 0) is 25.5 Å². The van der Waals surface area contributed by atoms with Crippen LogP contribution in [0.1, 0.15) is 34.7 Å².